The number of nitrogens with one attached hydrogen (secondary N) is 4. The highest BCUT2D eigenvalue weighted by molar-refractivity contribution is 5.72. The predicted molar refractivity (Wildman–Crippen MR) is 204 cm³/mol. The van der Waals surface area contributed by atoms with Crippen molar-refractivity contribution < 1.29 is 19.1 Å². The van der Waals surface area contributed by atoms with Gasteiger partial charge in [0.25, 0.3) is 0 Å². The molecule has 52 heavy (non-hydrogen) atoms. The third kappa shape index (κ3) is 7.48. The van der Waals surface area contributed by atoms with Gasteiger partial charge in [0.15, 0.2) is 0 Å². The Morgan fingerprint density at radius 1 is 0.750 bits per heavy atom. The van der Waals surface area contributed by atoms with Crippen molar-refractivity contribution in [1.82, 2.24) is 30.6 Å². The lowest BCUT2D eigenvalue weighted by Gasteiger charge is -2.51. The van der Waals surface area contributed by atoms with Gasteiger partial charge < -0.3 is 30.1 Å². The molecule has 2 saturated carbocycles. The van der Waals surface area contributed by atoms with Crippen LogP contribution in [0.25, 0.3) is 33.6 Å². The van der Waals surface area contributed by atoms with E-state index >= 15 is 0 Å². The zero-order valence-corrected chi connectivity index (χ0v) is 32.5. The fraction of sp³-hybridized carbons (Fsp3) is 0.524. The van der Waals surface area contributed by atoms with Gasteiger partial charge in [-0.05, 0) is 113 Å². The molecule has 4 aromatic rings. The maximum atomic E-state index is 12.9. The van der Waals surface area contributed by atoms with Crippen LogP contribution in [0.1, 0.15) is 119 Å². The summed E-state index contributed by atoms with van der Waals surface area (Å²) >= 11 is 0. The van der Waals surface area contributed by atoms with Gasteiger partial charge in [0.05, 0.1) is 29.8 Å². The molecule has 2 aliphatic carbocycles. The number of imidazole rings is 2. The second-order valence-corrected chi connectivity index (χ2v) is 17.7. The van der Waals surface area contributed by atoms with Crippen molar-refractivity contribution in [1.29, 1.82) is 0 Å². The Balaban J connectivity index is 1.17. The Labute approximate surface area is 308 Å². The van der Waals surface area contributed by atoms with E-state index in [-0.39, 0.29) is 16.9 Å². The van der Waals surface area contributed by atoms with Crippen LogP contribution in [0.3, 0.4) is 0 Å². The van der Waals surface area contributed by atoms with Crippen LogP contribution < -0.4 is 10.6 Å². The molecule has 10 nitrogen and oxygen atoms in total. The van der Waals surface area contributed by atoms with Crippen LogP contribution in [0.5, 0.6) is 0 Å². The number of rotatable bonds is 9. The maximum absolute atomic E-state index is 12.9. The van der Waals surface area contributed by atoms with E-state index in [1.54, 1.807) is 0 Å². The predicted octanol–water partition coefficient (Wildman–Crippen LogP) is 10.1. The standard InChI is InChI=1S/C42H56N6O4/c1-26-20-23-41(26,9)33(47-36(49)51-38(2,3)4)34-43-24-31(45-34)29-16-12-27(13-17-29)28-14-18-30(19-15-28)32-25-44-35(46-32)42(10,40(8)21-11-22-40)48-37(50)52-39(5,6)7/h12-19,24-26,33H,11,20-23H2,1-10H3,(H,43,45)(H,44,46)(H,47,49)(H,48,50)/t26?,33-,41?,42+/m1/s1. The van der Waals surface area contributed by atoms with E-state index in [4.69, 9.17) is 19.4 Å². The minimum Gasteiger partial charge on any atom is -0.444 e. The highest BCUT2D eigenvalue weighted by Crippen LogP contribution is 2.54. The number of carbonyl (C=O) groups is 2. The Bertz CT molecular complexity index is 1890. The van der Waals surface area contributed by atoms with E-state index in [0.29, 0.717) is 5.92 Å². The topological polar surface area (TPSA) is 134 Å². The average molecular weight is 709 g/mol. The monoisotopic (exact) mass is 708 g/mol. The van der Waals surface area contributed by atoms with E-state index in [0.717, 1.165) is 77.4 Å². The first-order valence-electron chi connectivity index (χ1n) is 18.6. The highest BCUT2D eigenvalue weighted by atomic mass is 16.6. The molecule has 2 aliphatic rings. The molecular formula is C42H56N6O4. The van der Waals surface area contributed by atoms with Crippen LogP contribution in [0.4, 0.5) is 9.59 Å². The first-order chi connectivity index (χ1) is 24.3. The summed E-state index contributed by atoms with van der Waals surface area (Å²) in [6.45, 7) is 19.9. The van der Waals surface area contributed by atoms with Crippen molar-refractivity contribution in [3.05, 3.63) is 72.6 Å². The molecule has 0 saturated heterocycles. The van der Waals surface area contributed by atoms with Crippen LogP contribution >= 0.6 is 0 Å². The van der Waals surface area contributed by atoms with E-state index < -0.39 is 28.9 Å². The number of hydrogen-bond donors (Lipinski definition) is 4. The molecule has 4 N–H and O–H groups in total. The summed E-state index contributed by atoms with van der Waals surface area (Å²) in [6.07, 6.45) is 8.04. The molecule has 2 amide bonds. The molecule has 0 bridgehead atoms. The lowest BCUT2D eigenvalue weighted by molar-refractivity contribution is -0.00113. The van der Waals surface area contributed by atoms with E-state index in [1.165, 1.54) is 0 Å². The summed E-state index contributed by atoms with van der Waals surface area (Å²) < 4.78 is 11.3. The van der Waals surface area contributed by atoms with Crippen molar-refractivity contribution in [2.24, 2.45) is 16.7 Å². The number of H-pyrrole nitrogens is 2. The van der Waals surface area contributed by atoms with Gasteiger partial charge in [-0.25, -0.2) is 19.6 Å². The van der Waals surface area contributed by atoms with Crippen molar-refractivity contribution in [3.8, 4) is 33.6 Å². The molecule has 2 unspecified atom stereocenters. The summed E-state index contributed by atoms with van der Waals surface area (Å²) in [4.78, 5) is 42.4. The molecule has 278 valence electrons. The van der Waals surface area contributed by atoms with Crippen LogP contribution in [0, 0.1) is 16.7 Å². The first kappa shape index (κ1) is 37.2. The third-order valence-corrected chi connectivity index (χ3v) is 11.6. The molecule has 0 spiro atoms. The summed E-state index contributed by atoms with van der Waals surface area (Å²) in [5.41, 5.74) is 3.82. The molecule has 0 radical (unpaired) electrons. The highest BCUT2D eigenvalue weighted by Gasteiger charge is 2.53. The number of carbonyl (C=O) groups excluding carboxylic acids is 2. The maximum Gasteiger partial charge on any atom is 0.408 e. The molecular weight excluding hydrogens is 652 g/mol. The summed E-state index contributed by atoms with van der Waals surface area (Å²) in [5.74, 6) is 1.90. The molecule has 2 aromatic carbocycles. The van der Waals surface area contributed by atoms with E-state index in [2.05, 4.69) is 89.9 Å². The summed E-state index contributed by atoms with van der Waals surface area (Å²) in [6, 6.07) is 16.5. The fourth-order valence-corrected chi connectivity index (χ4v) is 7.54. The minimum absolute atomic E-state index is 0.120. The van der Waals surface area contributed by atoms with Crippen LogP contribution in [-0.2, 0) is 15.0 Å². The molecule has 2 aromatic heterocycles. The smallest absolute Gasteiger partial charge is 0.408 e. The summed E-state index contributed by atoms with van der Waals surface area (Å²) in [7, 11) is 0. The van der Waals surface area contributed by atoms with Gasteiger partial charge in [0.1, 0.15) is 28.4 Å². The van der Waals surface area contributed by atoms with Gasteiger partial charge in [0, 0.05) is 0 Å². The van der Waals surface area contributed by atoms with Crippen LogP contribution in [-0.4, -0.2) is 43.3 Å². The van der Waals surface area contributed by atoms with Crippen molar-refractivity contribution in [2.75, 3.05) is 0 Å². The summed E-state index contributed by atoms with van der Waals surface area (Å²) in [5, 5.41) is 6.30. The molecule has 10 heteroatoms. The Hall–Kier alpha value is -4.60. The van der Waals surface area contributed by atoms with E-state index in [1.807, 2.05) is 60.9 Å². The number of aromatic nitrogens is 4. The lowest BCUT2D eigenvalue weighted by Crippen LogP contribution is -2.58. The number of hydrogen-bond acceptors (Lipinski definition) is 6. The molecule has 4 atom stereocenters. The number of amides is 2. The van der Waals surface area contributed by atoms with Crippen molar-refractivity contribution in [3.63, 3.8) is 0 Å². The normalized spacial score (nSPS) is 21.5. The zero-order chi connectivity index (χ0) is 37.7. The largest absolute Gasteiger partial charge is 0.444 e. The second-order valence-electron chi connectivity index (χ2n) is 17.7. The Morgan fingerprint density at radius 3 is 1.71 bits per heavy atom. The second kappa shape index (κ2) is 13.4. The third-order valence-electron chi connectivity index (χ3n) is 11.6. The van der Waals surface area contributed by atoms with Crippen LogP contribution in [0.2, 0.25) is 0 Å². The minimum atomic E-state index is -0.716. The quantitative estimate of drug-likeness (QED) is 0.137. The Kier molecular flexibility index (Phi) is 9.60. The van der Waals surface area contributed by atoms with Crippen molar-refractivity contribution in [2.45, 2.75) is 124 Å². The number of ether oxygens (including phenoxy) is 2. The van der Waals surface area contributed by atoms with Gasteiger partial charge >= 0.3 is 12.2 Å². The number of aromatic amines is 2. The SMILES string of the molecule is CC1CCC1(C)[C@H](NC(=O)OC(C)(C)C)c1ncc(-c2ccc(-c3ccc(-c4cnc([C@](C)(NC(=O)OC(C)(C)C)C5(C)CCC5)[nH]4)cc3)cc2)[nH]1. The first-order valence-corrected chi connectivity index (χ1v) is 18.6. The average Bonchev–Trinajstić information content (AvgIpc) is 3.75. The molecule has 2 heterocycles. The van der Waals surface area contributed by atoms with Crippen LogP contribution in [0.15, 0.2) is 60.9 Å². The van der Waals surface area contributed by atoms with Gasteiger partial charge in [-0.3, -0.25) is 0 Å². The molecule has 0 aliphatic heterocycles. The molecule has 6 rings (SSSR count). The van der Waals surface area contributed by atoms with Gasteiger partial charge in [-0.2, -0.15) is 0 Å². The number of alkyl carbamates (subject to hydrolysis) is 2. The van der Waals surface area contributed by atoms with Gasteiger partial charge in [-0.1, -0.05) is 75.7 Å². The number of nitrogens with zero attached hydrogens (tertiary/aromatic N) is 2. The van der Waals surface area contributed by atoms with Crippen molar-refractivity contribution >= 4 is 12.2 Å². The van der Waals surface area contributed by atoms with Gasteiger partial charge in [-0.15, -0.1) is 0 Å². The number of benzene rings is 2. The lowest BCUT2D eigenvalue weighted by atomic mass is 9.58. The molecule has 2 fully saturated rings. The van der Waals surface area contributed by atoms with Gasteiger partial charge in [0.2, 0.25) is 0 Å². The van der Waals surface area contributed by atoms with E-state index in [9.17, 15) is 9.59 Å². The Morgan fingerprint density at radius 2 is 1.25 bits per heavy atom. The fourth-order valence-electron chi connectivity index (χ4n) is 7.54. The zero-order valence-electron chi connectivity index (χ0n) is 32.5.